The normalized spacial score (nSPS) is 29.7. The van der Waals surface area contributed by atoms with E-state index in [4.69, 9.17) is 9.72 Å². The zero-order valence-corrected chi connectivity index (χ0v) is 24.9. The minimum absolute atomic E-state index is 0.0136. The Morgan fingerprint density at radius 2 is 1.93 bits per heavy atom. The lowest BCUT2D eigenvalue weighted by atomic mass is 9.91. The van der Waals surface area contributed by atoms with Gasteiger partial charge < -0.3 is 14.7 Å². The summed E-state index contributed by atoms with van der Waals surface area (Å²) in [6, 6.07) is 6.24. The number of aliphatic hydroxyl groups is 1. The molecule has 1 aliphatic carbocycles. The number of hydrogen-bond acceptors (Lipinski definition) is 8. The average Bonchev–Trinajstić information content (AvgIpc) is 3.43. The number of likely N-dealkylation sites (tertiary alicyclic amines) is 1. The fourth-order valence-electron chi connectivity index (χ4n) is 7.68. The van der Waals surface area contributed by atoms with Crippen LogP contribution in [0.1, 0.15) is 37.7 Å². The van der Waals surface area contributed by atoms with Gasteiger partial charge in [0.15, 0.2) is 0 Å². The van der Waals surface area contributed by atoms with Crippen LogP contribution in [-0.2, 0) is 10.2 Å². The van der Waals surface area contributed by atoms with Crippen LogP contribution in [0.25, 0.3) is 16.6 Å². The zero-order valence-electron chi connectivity index (χ0n) is 24.1. The third-order valence-electron chi connectivity index (χ3n) is 10.00. The molecule has 4 atom stereocenters. The van der Waals surface area contributed by atoms with Gasteiger partial charge in [-0.2, -0.15) is 22.1 Å². The Bertz CT molecular complexity index is 1590. The number of nitrogens with zero attached hydrogens (tertiary/aromatic N) is 7. The summed E-state index contributed by atoms with van der Waals surface area (Å²) in [6.45, 7) is 8.01. The highest BCUT2D eigenvalue weighted by Crippen LogP contribution is 2.49. The molecule has 3 aromatic rings. The lowest BCUT2D eigenvalue weighted by Crippen LogP contribution is -2.71. The summed E-state index contributed by atoms with van der Waals surface area (Å²) >= 11 is 0. The van der Waals surface area contributed by atoms with Gasteiger partial charge in [-0.1, -0.05) is 0 Å². The van der Waals surface area contributed by atoms with E-state index in [9.17, 15) is 13.5 Å². The monoisotopic (exact) mass is 593 g/mol. The van der Waals surface area contributed by atoms with E-state index in [1.54, 1.807) is 8.61 Å². The maximum absolute atomic E-state index is 13.2. The maximum Gasteiger partial charge on any atom is 0.282 e. The first kappa shape index (κ1) is 26.8. The third-order valence-corrected chi connectivity index (χ3v) is 12.1. The molecule has 11 nitrogen and oxygen atoms in total. The summed E-state index contributed by atoms with van der Waals surface area (Å²) in [5.41, 5.74) is 3.71. The lowest BCUT2D eigenvalue weighted by molar-refractivity contribution is 0.0800. The van der Waals surface area contributed by atoms with Gasteiger partial charge in [-0.25, -0.2) is 9.50 Å². The van der Waals surface area contributed by atoms with Gasteiger partial charge >= 0.3 is 0 Å². The molecule has 12 heteroatoms. The molecule has 42 heavy (non-hydrogen) atoms. The molecular formula is C30H39N7O4S. The third kappa shape index (κ3) is 4.50. The Labute approximate surface area is 246 Å². The molecule has 6 fully saturated rings. The fourth-order valence-corrected chi connectivity index (χ4v) is 9.73. The molecule has 9 rings (SSSR count). The first-order chi connectivity index (χ1) is 20.3. The number of aryl methyl sites for hydroxylation is 1. The van der Waals surface area contributed by atoms with Crippen molar-refractivity contribution in [2.45, 2.75) is 56.7 Å². The van der Waals surface area contributed by atoms with Crippen LogP contribution in [0.5, 0.6) is 5.75 Å². The predicted octanol–water partition coefficient (Wildman–Crippen LogP) is 2.14. The van der Waals surface area contributed by atoms with E-state index in [0.717, 1.165) is 85.5 Å². The molecule has 8 heterocycles. The van der Waals surface area contributed by atoms with E-state index in [1.807, 2.05) is 29.2 Å². The van der Waals surface area contributed by atoms with Gasteiger partial charge in [-0.15, -0.1) is 0 Å². The van der Waals surface area contributed by atoms with Crippen molar-refractivity contribution in [1.82, 2.24) is 28.1 Å². The Morgan fingerprint density at radius 1 is 1.12 bits per heavy atom. The molecule has 1 N–H and O–H groups in total. The van der Waals surface area contributed by atoms with E-state index in [2.05, 4.69) is 34.0 Å². The molecule has 5 saturated heterocycles. The van der Waals surface area contributed by atoms with E-state index in [0.29, 0.717) is 38.7 Å². The van der Waals surface area contributed by atoms with Gasteiger partial charge in [0, 0.05) is 81.1 Å². The Kier molecular flexibility index (Phi) is 6.31. The lowest BCUT2D eigenvalue weighted by Gasteiger charge is -2.55. The van der Waals surface area contributed by atoms with Crippen LogP contribution in [0, 0.1) is 12.8 Å². The van der Waals surface area contributed by atoms with E-state index in [-0.39, 0.29) is 12.1 Å². The van der Waals surface area contributed by atoms with Crippen LogP contribution in [0.3, 0.4) is 0 Å². The van der Waals surface area contributed by atoms with Crippen molar-refractivity contribution in [3.63, 3.8) is 0 Å². The SMILES string of the molecule is Cc1cnn2cc(OCCCN3CC4CC4(O)C3)cc(-c3ccc(N4CC5CC(C4)N5S(=O)(=O)N4CCCC4)nc3)c12. The Morgan fingerprint density at radius 3 is 2.64 bits per heavy atom. The molecule has 0 aromatic carbocycles. The quantitative estimate of drug-likeness (QED) is 0.377. The number of rotatable bonds is 9. The second kappa shape index (κ2) is 9.88. The Hall–Kier alpha value is -2.77. The van der Waals surface area contributed by atoms with Crippen LogP contribution in [0.4, 0.5) is 5.82 Å². The van der Waals surface area contributed by atoms with Gasteiger partial charge in [-0.3, -0.25) is 4.90 Å². The predicted molar refractivity (Wildman–Crippen MR) is 159 cm³/mol. The van der Waals surface area contributed by atoms with Crippen molar-refractivity contribution < 1.29 is 18.3 Å². The Balaban J connectivity index is 0.946. The van der Waals surface area contributed by atoms with Crippen molar-refractivity contribution in [1.29, 1.82) is 0 Å². The molecule has 4 unspecified atom stereocenters. The molecule has 6 aliphatic rings. The first-order valence-corrected chi connectivity index (χ1v) is 16.7. The molecule has 0 amide bonds. The van der Waals surface area contributed by atoms with Crippen molar-refractivity contribution in [3.8, 4) is 16.9 Å². The van der Waals surface area contributed by atoms with Gasteiger partial charge in [0.2, 0.25) is 0 Å². The van der Waals surface area contributed by atoms with Crippen molar-refractivity contribution in [3.05, 3.63) is 42.4 Å². The molecule has 224 valence electrons. The number of aromatic nitrogens is 3. The van der Waals surface area contributed by atoms with Crippen molar-refractivity contribution in [2.24, 2.45) is 5.92 Å². The molecule has 3 aromatic heterocycles. The van der Waals surface area contributed by atoms with Crippen LogP contribution in [0.2, 0.25) is 0 Å². The average molecular weight is 594 g/mol. The largest absolute Gasteiger partial charge is 0.492 e. The van der Waals surface area contributed by atoms with Gasteiger partial charge in [0.05, 0.1) is 30.1 Å². The second-order valence-electron chi connectivity index (χ2n) is 12.9. The minimum atomic E-state index is -3.36. The van der Waals surface area contributed by atoms with Gasteiger partial charge in [-0.05, 0) is 62.8 Å². The highest BCUT2D eigenvalue weighted by molar-refractivity contribution is 7.86. The second-order valence-corrected chi connectivity index (χ2v) is 14.8. The molecule has 0 radical (unpaired) electrons. The number of pyridine rings is 2. The summed E-state index contributed by atoms with van der Waals surface area (Å²) in [5, 5.41) is 14.8. The number of hydrogen-bond donors (Lipinski definition) is 1. The first-order valence-electron chi connectivity index (χ1n) is 15.3. The highest BCUT2D eigenvalue weighted by atomic mass is 32.2. The topological polar surface area (TPSA) is 107 Å². The maximum atomic E-state index is 13.2. The zero-order chi connectivity index (χ0) is 28.6. The van der Waals surface area contributed by atoms with E-state index < -0.39 is 15.8 Å². The summed E-state index contributed by atoms with van der Waals surface area (Å²) in [5.74, 6) is 2.12. The standard InChI is InChI=1S/C30H39N7O4S/c1-21-14-32-36-19-26(41-10-4-7-33-16-23-13-30(23,38)20-33)12-27(29(21)36)22-5-6-28(31-15-22)34-17-24-11-25(18-34)37(24)42(39,40)35-8-2-3-9-35/h5-6,12,14-15,19,23-25,38H,2-4,7-11,13,16-18,20H2,1H3. The van der Waals surface area contributed by atoms with E-state index in [1.165, 1.54) is 0 Å². The smallest absolute Gasteiger partial charge is 0.282 e. The van der Waals surface area contributed by atoms with Crippen LogP contribution < -0.4 is 9.64 Å². The summed E-state index contributed by atoms with van der Waals surface area (Å²) < 4.78 is 37.8. The number of piperazine rings is 1. The van der Waals surface area contributed by atoms with Crippen LogP contribution in [-0.4, -0.2) is 112 Å². The number of anilines is 1. The summed E-state index contributed by atoms with van der Waals surface area (Å²) in [7, 11) is -3.36. The van der Waals surface area contributed by atoms with E-state index >= 15 is 0 Å². The molecule has 0 spiro atoms. The minimum Gasteiger partial charge on any atom is -0.492 e. The number of β-amino-alcohol motifs (C(OH)–C–C–N with tert-alkyl or cyclic N) is 1. The van der Waals surface area contributed by atoms with Crippen molar-refractivity contribution in [2.75, 3.05) is 57.3 Å². The molecule has 5 aliphatic heterocycles. The highest BCUT2D eigenvalue weighted by Gasteiger charge is 2.58. The molecule has 1 saturated carbocycles. The van der Waals surface area contributed by atoms with Crippen molar-refractivity contribution >= 4 is 21.5 Å². The fraction of sp³-hybridized carbons (Fsp3) is 0.600. The number of ether oxygens (including phenoxy) is 1. The van der Waals surface area contributed by atoms with Crippen LogP contribution in [0.15, 0.2) is 36.8 Å². The number of piperidine rings is 2. The van der Waals surface area contributed by atoms with Crippen LogP contribution >= 0.6 is 0 Å². The van der Waals surface area contributed by atoms with Gasteiger partial charge in [0.1, 0.15) is 11.6 Å². The molecular weight excluding hydrogens is 554 g/mol. The molecule has 2 bridgehead atoms. The summed E-state index contributed by atoms with van der Waals surface area (Å²) in [4.78, 5) is 9.40. The summed E-state index contributed by atoms with van der Waals surface area (Å²) in [6.07, 6.45) is 10.4. The van der Waals surface area contributed by atoms with Gasteiger partial charge in [0.25, 0.3) is 10.2 Å². The number of fused-ring (bicyclic) bond motifs is 4.